The van der Waals surface area contributed by atoms with E-state index in [0.29, 0.717) is 28.2 Å². The van der Waals surface area contributed by atoms with Crippen LogP contribution >= 0.6 is 0 Å². The maximum Gasteiger partial charge on any atom is 0.325 e. The fourth-order valence-electron chi connectivity index (χ4n) is 3.78. The van der Waals surface area contributed by atoms with Crippen LogP contribution in [0.1, 0.15) is 29.2 Å². The molecule has 0 radical (unpaired) electrons. The topological polar surface area (TPSA) is 116 Å². The van der Waals surface area contributed by atoms with Gasteiger partial charge < -0.3 is 9.73 Å². The number of para-hydroxylation sites is 2. The molecular weight excluding hydrogens is 374 g/mol. The first kappa shape index (κ1) is 17.1. The van der Waals surface area contributed by atoms with Crippen molar-refractivity contribution in [3.05, 3.63) is 75.5 Å². The van der Waals surface area contributed by atoms with Crippen molar-refractivity contribution in [1.82, 2.24) is 14.8 Å². The lowest BCUT2D eigenvalue weighted by atomic mass is 9.85. The van der Waals surface area contributed by atoms with Crippen molar-refractivity contribution in [3.8, 4) is 6.01 Å². The number of aromatic nitrogens is 3. The second-order valence-electron chi connectivity index (χ2n) is 6.88. The molecule has 4 aromatic rings. The third-order valence-corrected chi connectivity index (χ3v) is 5.05. The highest BCUT2D eigenvalue weighted by atomic mass is 16.6. The quantitative estimate of drug-likeness (QED) is 0.422. The number of aryl methyl sites for hydroxylation is 1. The number of anilines is 1. The third kappa shape index (κ3) is 2.75. The molecule has 0 unspecified atom stereocenters. The molecule has 2 aromatic heterocycles. The predicted molar refractivity (Wildman–Crippen MR) is 104 cm³/mol. The van der Waals surface area contributed by atoms with Gasteiger partial charge in [-0.25, -0.2) is 0 Å². The lowest BCUT2D eigenvalue weighted by Gasteiger charge is -2.23. The standard InChI is InChI=1S/C20H15N5O4/c1-11-18-14(12-5-4-6-13(9-12)25(27)28)10-17(26)22-19(18)24(23-11)20-21-15-7-2-3-8-16(15)29-20/h2-9,14H,10H2,1H3,(H,22,26)/t14-/m0/s1. The van der Waals surface area contributed by atoms with Gasteiger partial charge in [0, 0.05) is 30.0 Å². The van der Waals surface area contributed by atoms with E-state index in [1.807, 2.05) is 25.1 Å². The Hall–Kier alpha value is -4.01. The molecule has 5 rings (SSSR count). The number of benzene rings is 2. The molecule has 29 heavy (non-hydrogen) atoms. The van der Waals surface area contributed by atoms with E-state index in [-0.39, 0.29) is 29.9 Å². The Labute approximate surface area is 164 Å². The van der Waals surface area contributed by atoms with E-state index in [0.717, 1.165) is 5.56 Å². The molecule has 1 atom stereocenters. The molecule has 1 N–H and O–H groups in total. The predicted octanol–water partition coefficient (Wildman–Crippen LogP) is 3.70. The Kier molecular flexibility index (Phi) is 3.70. The summed E-state index contributed by atoms with van der Waals surface area (Å²) in [5, 5.41) is 18.6. The van der Waals surface area contributed by atoms with E-state index in [2.05, 4.69) is 15.4 Å². The molecule has 0 spiro atoms. The Morgan fingerprint density at radius 2 is 2.07 bits per heavy atom. The minimum atomic E-state index is -0.443. The molecule has 1 aliphatic rings. The van der Waals surface area contributed by atoms with Crippen molar-refractivity contribution in [2.75, 3.05) is 5.32 Å². The summed E-state index contributed by atoms with van der Waals surface area (Å²) in [6, 6.07) is 13.9. The number of rotatable bonds is 3. The number of carbonyl (C=O) groups is 1. The molecule has 1 amide bonds. The zero-order chi connectivity index (χ0) is 20.1. The van der Waals surface area contributed by atoms with Gasteiger partial charge in [0.1, 0.15) is 11.3 Å². The van der Waals surface area contributed by atoms with Gasteiger partial charge in [0.05, 0.1) is 10.6 Å². The lowest BCUT2D eigenvalue weighted by Crippen LogP contribution is -2.25. The third-order valence-electron chi connectivity index (χ3n) is 5.05. The minimum Gasteiger partial charge on any atom is -0.422 e. The summed E-state index contributed by atoms with van der Waals surface area (Å²) in [4.78, 5) is 27.6. The van der Waals surface area contributed by atoms with Gasteiger partial charge in [-0.2, -0.15) is 14.8 Å². The number of hydrogen-bond donors (Lipinski definition) is 1. The molecule has 3 heterocycles. The van der Waals surface area contributed by atoms with Gasteiger partial charge in [0.2, 0.25) is 5.91 Å². The summed E-state index contributed by atoms with van der Waals surface area (Å²) >= 11 is 0. The minimum absolute atomic E-state index is 0.0148. The molecule has 0 saturated heterocycles. The van der Waals surface area contributed by atoms with E-state index >= 15 is 0 Å². The summed E-state index contributed by atoms with van der Waals surface area (Å²) < 4.78 is 7.29. The number of nitro groups is 1. The van der Waals surface area contributed by atoms with Crippen LogP contribution < -0.4 is 5.32 Å². The highest BCUT2D eigenvalue weighted by molar-refractivity contribution is 5.95. The Morgan fingerprint density at radius 3 is 2.86 bits per heavy atom. The van der Waals surface area contributed by atoms with E-state index in [1.165, 1.54) is 16.8 Å². The van der Waals surface area contributed by atoms with Crippen molar-refractivity contribution in [2.45, 2.75) is 19.3 Å². The lowest BCUT2D eigenvalue weighted by molar-refractivity contribution is -0.384. The smallest absolute Gasteiger partial charge is 0.325 e. The molecule has 9 nitrogen and oxygen atoms in total. The number of non-ortho nitro benzene ring substituents is 1. The molecule has 0 bridgehead atoms. The Bertz CT molecular complexity index is 1260. The van der Waals surface area contributed by atoms with Crippen LogP contribution in [0.15, 0.2) is 52.9 Å². The van der Waals surface area contributed by atoms with Crippen LogP contribution in [0, 0.1) is 17.0 Å². The van der Waals surface area contributed by atoms with Crippen molar-refractivity contribution in [3.63, 3.8) is 0 Å². The number of nitro benzene ring substituents is 1. The number of oxazole rings is 1. The van der Waals surface area contributed by atoms with Crippen LogP contribution in [-0.2, 0) is 4.79 Å². The second-order valence-corrected chi connectivity index (χ2v) is 6.88. The molecular formula is C20H15N5O4. The van der Waals surface area contributed by atoms with E-state index in [9.17, 15) is 14.9 Å². The normalized spacial score (nSPS) is 15.9. The van der Waals surface area contributed by atoms with Gasteiger partial charge >= 0.3 is 6.01 Å². The number of amides is 1. The summed E-state index contributed by atoms with van der Waals surface area (Å²) in [6.45, 7) is 1.83. The van der Waals surface area contributed by atoms with Crippen molar-refractivity contribution < 1.29 is 14.1 Å². The van der Waals surface area contributed by atoms with Crippen molar-refractivity contribution in [2.24, 2.45) is 0 Å². The SMILES string of the molecule is Cc1nn(-c2nc3ccccc3o2)c2c1[C@H](c1cccc([N+](=O)[O-])c1)CC(=O)N2. The van der Waals surface area contributed by atoms with Crippen LogP contribution in [-0.4, -0.2) is 25.6 Å². The first-order chi connectivity index (χ1) is 14.0. The summed E-state index contributed by atoms with van der Waals surface area (Å²) in [6.07, 6.45) is 0.175. The Morgan fingerprint density at radius 1 is 1.24 bits per heavy atom. The molecule has 2 aromatic carbocycles. The van der Waals surface area contributed by atoms with Gasteiger partial charge in [-0.15, -0.1) is 0 Å². The first-order valence-corrected chi connectivity index (χ1v) is 9.01. The van der Waals surface area contributed by atoms with Crippen LogP contribution in [0.25, 0.3) is 17.1 Å². The van der Waals surface area contributed by atoms with Gasteiger partial charge in [0.25, 0.3) is 5.69 Å². The molecule has 0 aliphatic carbocycles. The van der Waals surface area contributed by atoms with Crippen LogP contribution in [0.4, 0.5) is 11.5 Å². The number of carbonyl (C=O) groups excluding carboxylic acids is 1. The zero-order valence-corrected chi connectivity index (χ0v) is 15.3. The fourth-order valence-corrected chi connectivity index (χ4v) is 3.78. The Balaban J connectivity index is 1.66. The van der Waals surface area contributed by atoms with Crippen LogP contribution in [0.5, 0.6) is 0 Å². The van der Waals surface area contributed by atoms with Crippen LogP contribution in [0.2, 0.25) is 0 Å². The number of fused-ring (bicyclic) bond motifs is 2. The molecule has 144 valence electrons. The fraction of sp³-hybridized carbons (Fsp3) is 0.150. The molecule has 0 saturated carbocycles. The maximum absolute atomic E-state index is 12.5. The summed E-state index contributed by atoms with van der Waals surface area (Å²) in [5.74, 6) is -0.0788. The number of nitrogens with zero attached hydrogens (tertiary/aromatic N) is 4. The largest absolute Gasteiger partial charge is 0.422 e. The van der Waals surface area contributed by atoms with E-state index < -0.39 is 4.92 Å². The van der Waals surface area contributed by atoms with Gasteiger partial charge in [-0.3, -0.25) is 14.9 Å². The van der Waals surface area contributed by atoms with Crippen LogP contribution in [0.3, 0.4) is 0 Å². The summed E-state index contributed by atoms with van der Waals surface area (Å²) in [5.41, 5.74) is 3.46. The number of nitrogens with one attached hydrogen (secondary N) is 1. The van der Waals surface area contributed by atoms with Crippen molar-refractivity contribution in [1.29, 1.82) is 0 Å². The average molecular weight is 389 g/mol. The molecule has 9 heteroatoms. The zero-order valence-electron chi connectivity index (χ0n) is 15.3. The van der Waals surface area contributed by atoms with Gasteiger partial charge in [-0.05, 0) is 24.6 Å². The summed E-state index contributed by atoms with van der Waals surface area (Å²) in [7, 11) is 0. The molecule has 0 fully saturated rings. The average Bonchev–Trinajstić information content (AvgIpc) is 3.28. The van der Waals surface area contributed by atoms with E-state index in [1.54, 1.807) is 18.2 Å². The van der Waals surface area contributed by atoms with Crippen molar-refractivity contribution >= 4 is 28.5 Å². The highest BCUT2D eigenvalue weighted by Gasteiger charge is 2.34. The van der Waals surface area contributed by atoms with E-state index in [4.69, 9.17) is 4.42 Å². The second kappa shape index (κ2) is 6.26. The first-order valence-electron chi connectivity index (χ1n) is 9.01. The molecule has 1 aliphatic heterocycles. The van der Waals surface area contributed by atoms with Gasteiger partial charge in [0.15, 0.2) is 5.58 Å². The number of hydrogen-bond acceptors (Lipinski definition) is 6. The highest BCUT2D eigenvalue weighted by Crippen LogP contribution is 2.41. The maximum atomic E-state index is 12.5. The van der Waals surface area contributed by atoms with Gasteiger partial charge in [-0.1, -0.05) is 24.3 Å². The monoisotopic (exact) mass is 389 g/mol.